The highest BCUT2D eigenvalue weighted by molar-refractivity contribution is 6.29. The van der Waals surface area contributed by atoms with Gasteiger partial charge in [-0.15, -0.1) is 0 Å². The van der Waals surface area contributed by atoms with E-state index in [-0.39, 0.29) is 28.4 Å². The van der Waals surface area contributed by atoms with E-state index < -0.39 is 16.6 Å². The monoisotopic (exact) mass is 386 g/mol. The first-order valence-electron chi connectivity index (χ1n) is 8.24. The van der Waals surface area contributed by atoms with Crippen LogP contribution in [-0.2, 0) is 4.74 Å². The highest BCUT2D eigenvalue weighted by Crippen LogP contribution is 2.38. The maximum atomic E-state index is 11.9. The summed E-state index contributed by atoms with van der Waals surface area (Å²) in [5.41, 5.74) is -0.775. The first kappa shape index (κ1) is 20.0. The normalized spacial score (nSPS) is 15.5. The van der Waals surface area contributed by atoms with Crippen molar-refractivity contribution in [3.8, 4) is 5.75 Å². The van der Waals surface area contributed by atoms with Crippen LogP contribution >= 0.6 is 11.6 Å². The number of alkyl carbamates (subject to hydrolysis) is 1. The van der Waals surface area contributed by atoms with Crippen LogP contribution in [0.25, 0.3) is 0 Å². The Hall–Kier alpha value is -2.29. The predicted octanol–water partition coefficient (Wildman–Crippen LogP) is 3.15. The maximum absolute atomic E-state index is 11.9. The number of amides is 1. The molecule has 0 spiro atoms. The van der Waals surface area contributed by atoms with Gasteiger partial charge < -0.3 is 19.7 Å². The van der Waals surface area contributed by atoms with Gasteiger partial charge in [-0.25, -0.2) is 9.78 Å². The zero-order chi connectivity index (χ0) is 19.5. The van der Waals surface area contributed by atoms with Gasteiger partial charge in [0, 0.05) is 25.2 Å². The number of pyridine rings is 1. The molecule has 0 atom stereocenters. The van der Waals surface area contributed by atoms with Crippen molar-refractivity contribution in [2.24, 2.45) is 0 Å². The summed E-state index contributed by atoms with van der Waals surface area (Å²) in [6.45, 7) is 6.36. The van der Waals surface area contributed by atoms with E-state index in [0.717, 1.165) is 0 Å². The molecule has 9 nitrogen and oxygen atoms in total. The molecule has 1 aliphatic rings. The van der Waals surface area contributed by atoms with E-state index in [4.69, 9.17) is 21.1 Å². The summed E-state index contributed by atoms with van der Waals surface area (Å²) in [6.07, 6.45) is 0.740. The van der Waals surface area contributed by atoms with Gasteiger partial charge in [-0.2, -0.15) is 0 Å². The Morgan fingerprint density at radius 1 is 1.42 bits per heavy atom. The fraction of sp³-hybridized carbons (Fsp3) is 0.625. The number of piperidine rings is 1. The standard InChI is InChI=1S/C16H23ClN4O5/c1-16(2,3)26-15(22)18-10-5-7-20(8-6-10)14-13(21(23)24)11(25-4)9-12(17)19-14/h9-10H,5-8H2,1-4H3,(H,18,22). The number of hydrogen-bond donors (Lipinski definition) is 1. The first-order valence-corrected chi connectivity index (χ1v) is 8.62. The van der Waals surface area contributed by atoms with E-state index in [0.29, 0.717) is 25.9 Å². The van der Waals surface area contributed by atoms with Crippen molar-refractivity contribution in [3.63, 3.8) is 0 Å². The van der Waals surface area contributed by atoms with Crippen LogP contribution in [0, 0.1) is 10.1 Å². The Kier molecular flexibility index (Phi) is 6.12. The molecule has 2 rings (SSSR count). The summed E-state index contributed by atoms with van der Waals surface area (Å²) in [5, 5.41) is 14.4. The fourth-order valence-electron chi connectivity index (χ4n) is 2.73. The second kappa shape index (κ2) is 7.94. The average Bonchev–Trinajstić information content (AvgIpc) is 2.52. The SMILES string of the molecule is COc1cc(Cl)nc(N2CCC(NC(=O)OC(C)(C)C)CC2)c1[N+](=O)[O-]. The van der Waals surface area contributed by atoms with E-state index >= 15 is 0 Å². The minimum atomic E-state index is -0.563. The third-order valence-electron chi connectivity index (χ3n) is 3.83. The van der Waals surface area contributed by atoms with Crippen molar-refractivity contribution in [3.05, 3.63) is 21.3 Å². The van der Waals surface area contributed by atoms with Gasteiger partial charge in [0.1, 0.15) is 10.8 Å². The molecule has 1 saturated heterocycles. The number of rotatable bonds is 4. The Bertz CT molecular complexity index is 684. The van der Waals surface area contributed by atoms with Gasteiger partial charge in [0.25, 0.3) is 0 Å². The summed E-state index contributed by atoms with van der Waals surface area (Å²) >= 11 is 5.97. The van der Waals surface area contributed by atoms with Crippen molar-refractivity contribution in [1.82, 2.24) is 10.3 Å². The third kappa shape index (κ3) is 5.10. The smallest absolute Gasteiger partial charge is 0.407 e. The lowest BCUT2D eigenvalue weighted by atomic mass is 10.1. The third-order valence-corrected chi connectivity index (χ3v) is 4.02. The number of anilines is 1. The van der Waals surface area contributed by atoms with Crippen molar-refractivity contribution >= 4 is 29.2 Å². The molecule has 26 heavy (non-hydrogen) atoms. The van der Waals surface area contributed by atoms with Crippen LogP contribution in [0.4, 0.5) is 16.3 Å². The molecule has 1 fully saturated rings. The minimum absolute atomic E-state index is 0.0683. The Labute approximate surface area is 156 Å². The van der Waals surface area contributed by atoms with Gasteiger partial charge in [0.15, 0.2) is 0 Å². The molecule has 0 radical (unpaired) electrons. The van der Waals surface area contributed by atoms with Crippen LogP contribution in [0.1, 0.15) is 33.6 Å². The van der Waals surface area contributed by atoms with E-state index in [1.54, 1.807) is 25.7 Å². The number of aromatic nitrogens is 1. The largest absolute Gasteiger partial charge is 0.490 e. The van der Waals surface area contributed by atoms with Crippen LogP contribution in [0.5, 0.6) is 5.75 Å². The van der Waals surface area contributed by atoms with E-state index in [2.05, 4.69) is 10.3 Å². The van der Waals surface area contributed by atoms with E-state index in [1.165, 1.54) is 13.2 Å². The lowest BCUT2D eigenvalue weighted by molar-refractivity contribution is -0.385. The van der Waals surface area contributed by atoms with Crippen molar-refractivity contribution < 1.29 is 19.2 Å². The molecule has 1 aliphatic heterocycles. The second-order valence-corrected chi connectivity index (χ2v) is 7.37. The highest BCUT2D eigenvalue weighted by Gasteiger charge is 2.31. The summed E-state index contributed by atoms with van der Waals surface area (Å²) in [6, 6.07) is 1.25. The molecule has 1 aromatic heterocycles. The van der Waals surface area contributed by atoms with Crippen molar-refractivity contribution in [2.75, 3.05) is 25.1 Å². The number of halogens is 1. The molecular formula is C16H23ClN4O5. The number of carbonyl (C=O) groups excluding carboxylic acids is 1. The number of nitro groups is 1. The van der Waals surface area contributed by atoms with Crippen LogP contribution in [0.2, 0.25) is 5.15 Å². The number of hydrogen-bond acceptors (Lipinski definition) is 7. The summed E-state index contributed by atoms with van der Waals surface area (Å²) < 4.78 is 10.3. The van der Waals surface area contributed by atoms with E-state index in [1.807, 2.05) is 0 Å². The molecule has 144 valence electrons. The van der Waals surface area contributed by atoms with Gasteiger partial charge in [-0.3, -0.25) is 10.1 Å². The van der Waals surface area contributed by atoms with Crippen LogP contribution in [-0.4, -0.2) is 47.8 Å². The zero-order valence-electron chi connectivity index (χ0n) is 15.2. The van der Waals surface area contributed by atoms with Crippen molar-refractivity contribution in [1.29, 1.82) is 0 Å². The molecule has 0 bridgehead atoms. The van der Waals surface area contributed by atoms with Gasteiger partial charge in [-0.1, -0.05) is 11.6 Å². The quantitative estimate of drug-likeness (QED) is 0.481. The predicted molar refractivity (Wildman–Crippen MR) is 97.1 cm³/mol. The number of nitrogens with one attached hydrogen (secondary N) is 1. The van der Waals surface area contributed by atoms with Gasteiger partial charge in [0.2, 0.25) is 11.6 Å². The maximum Gasteiger partial charge on any atom is 0.407 e. The molecule has 1 aromatic rings. The number of nitrogens with zero attached hydrogens (tertiary/aromatic N) is 3. The molecule has 10 heteroatoms. The lowest BCUT2D eigenvalue weighted by Gasteiger charge is -2.33. The number of ether oxygens (including phenoxy) is 2. The number of methoxy groups -OCH3 is 1. The molecular weight excluding hydrogens is 364 g/mol. The van der Waals surface area contributed by atoms with Gasteiger partial charge >= 0.3 is 11.8 Å². The van der Waals surface area contributed by atoms with Gasteiger partial charge in [0.05, 0.1) is 12.0 Å². The summed E-state index contributed by atoms with van der Waals surface area (Å²) in [7, 11) is 1.35. The average molecular weight is 387 g/mol. The first-order chi connectivity index (χ1) is 12.1. The van der Waals surface area contributed by atoms with Gasteiger partial charge in [-0.05, 0) is 33.6 Å². The molecule has 1 amide bonds. The summed E-state index contributed by atoms with van der Waals surface area (Å²) in [5.74, 6) is 0.245. The van der Waals surface area contributed by atoms with E-state index in [9.17, 15) is 14.9 Å². The van der Waals surface area contributed by atoms with Crippen molar-refractivity contribution in [2.45, 2.75) is 45.3 Å². The molecule has 0 aliphatic carbocycles. The lowest BCUT2D eigenvalue weighted by Crippen LogP contribution is -2.46. The summed E-state index contributed by atoms with van der Waals surface area (Å²) in [4.78, 5) is 28.7. The molecule has 2 heterocycles. The van der Waals surface area contributed by atoms with Crippen LogP contribution in [0.3, 0.4) is 0 Å². The topological polar surface area (TPSA) is 107 Å². The van der Waals surface area contributed by atoms with Crippen LogP contribution < -0.4 is 15.0 Å². The minimum Gasteiger partial charge on any atom is -0.490 e. The molecule has 0 unspecified atom stereocenters. The fourth-order valence-corrected chi connectivity index (χ4v) is 2.91. The highest BCUT2D eigenvalue weighted by atomic mass is 35.5. The Balaban J connectivity index is 2.07. The molecule has 0 aromatic carbocycles. The zero-order valence-corrected chi connectivity index (χ0v) is 16.0. The number of carbonyl (C=O) groups is 1. The second-order valence-electron chi connectivity index (χ2n) is 6.98. The van der Waals surface area contributed by atoms with Crippen LogP contribution in [0.15, 0.2) is 6.07 Å². The Morgan fingerprint density at radius 2 is 2.04 bits per heavy atom. The Morgan fingerprint density at radius 3 is 2.54 bits per heavy atom. The molecule has 1 N–H and O–H groups in total. The molecule has 0 saturated carbocycles.